The van der Waals surface area contributed by atoms with Gasteiger partial charge in [0.1, 0.15) is 17.4 Å². The van der Waals surface area contributed by atoms with Gasteiger partial charge in [-0.1, -0.05) is 0 Å². The molecule has 3 N–H and O–H groups in total. The van der Waals surface area contributed by atoms with Gasteiger partial charge in [-0.15, -0.1) is 11.3 Å². The van der Waals surface area contributed by atoms with Crippen molar-refractivity contribution in [3.63, 3.8) is 0 Å². The first-order chi connectivity index (χ1) is 13.1. The maximum Gasteiger partial charge on any atom is 0.314 e. The molecular weight excluding hydrogens is 362 g/mol. The summed E-state index contributed by atoms with van der Waals surface area (Å²) in [4.78, 5) is 21.0. The number of hydrogen-bond acceptors (Lipinski definition) is 5. The summed E-state index contributed by atoms with van der Waals surface area (Å²) < 4.78 is 3.34. The molecule has 0 bridgehead atoms. The maximum atomic E-state index is 11.8. The Hall–Kier alpha value is -2.19. The fraction of sp³-hybridized carbons (Fsp3) is 0.526. The normalized spacial score (nSPS) is 21.4. The van der Waals surface area contributed by atoms with Gasteiger partial charge in [0.05, 0.1) is 21.9 Å². The number of carbonyl (C=O) groups is 1. The van der Waals surface area contributed by atoms with Crippen LogP contribution in [0.2, 0.25) is 0 Å². The number of aliphatic hydroxyl groups is 1. The Morgan fingerprint density at radius 3 is 2.85 bits per heavy atom. The third-order valence-electron chi connectivity index (χ3n) is 5.26. The van der Waals surface area contributed by atoms with Gasteiger partial charge in [-0.05, 0) is 51.0 Å². The summed E-state index contributed by atoms with van der Waals surface area (Å²) in [5.74, 6) is 0.702. The molecular formula is C19H25N5O2S. The number of imidazole rings is 1. The molecule has 3 heterocycles. The minimum Gasteiger partial charge on any atom is -0.385 e. The second kappa shape index (κ2) is 7.44. The number of thiophene rings is 1. The number of urea groups is 1. The number of amides is 2. The summed E-state index contributed by atoms with van der Waals surface area (Å²) in [5, 5.41) is 18.2. The number of aliphatic hydroxyl groups excluding tert-OH is 1. The van der Waals surface area contributed by atoms with Crippen LogP contribution in [-0.4, -0.2) is 38.3 Å². The van der Waals surface area contributed by atoms with E-state index in [4.69, 9.17) is 0 Å². The standard InChI is InChI=1S/C19H25N5O2S/c1-3-20-19(26)22-12-4-6-13(7-5-12)24-16-15(23-18(24)11(2)25)10-21-14-8-9-27-17(14)16/h8-13,25H,3-7H2,1-2H3,(H2,20,22,26)/t11-,12?,13?/m1/s1. The molecule has 144 valence electrons. The van der Waals surface area contributed by atoms with Crippen LogP contribution < -0.4 is 10.6 Å². The predicted molar refractivity (Wildman–Crippen MR) is 107 cm³/mol. The highest BCUT2D eigenvalue weighted by molar-refractivity contribution is 7.18. The molecule has 0 saturated heterocycles. The van der Waals surface area contributed by atoms with Crippen molar-refractivity contribution in [2.75, 3.05) is 6.54 Å². The zero-order chi connectivity index (χ0) is 19.0. The van der Waals surface area contributed by atoms with Crippen molar-refractivity contribution in [2.24, 2.45) is 0 Å². The number of nitrogens with zero attached hydrogens (tertiary/aromatic N) is 3. The van der Waals surface area contributed by atoms with Gasteiger partial charge in [-0.3, -0.25) is 4.98 Å². The van der Waals surface area contributed by atoms with Gasteiger partial charge >= 0.3 is 6.03 Å². The molecule has 0 spiro atoms. The van der Waals surface area contributed by atoms with Crippen molar-refractivity contribution in [3.8, 4) is 0 Å². The van der Waals surface area contributed by atoms with Crippen molar-refractivity contribution in [1.82, 2.24) is 25.2 Å². The maximum absolute atomic E-state index is 11.8. The first kappa shape index (κ1) is 18.2. The first-order valence-corrected chi connectivity index (χ1v) is 10.4. The Kier molecular flexibility index (Phi) is 5.01. The van der Waals surface area contributed by atoms with Gasteiger partial charge in [0.15, 0.2) is 0 Å². The van der Waals surface area contributed by atoms with Crippen LogP contribution in [-0.2, 0) is 0 Å². The van der Waals surface area contributed by atoms with Gasteiger partial charge in [-0.25, -0.2) is 9.78 Å². The number of rotatable bonds is 4. The highest BCUT2D eigenvalue weighted by Gasteiger charge is 2.28. The summed E-state index contributed by atoms with van der Waals surface area (Å²) >= 11 is 1.66. The van der Waals surface area contributed by atoms with Gasteiger partial charge in [0.25, 0.3) is 0 Å². The summed E-state index contributed by atoms with van der Waals surface area (Å²) in [7, 11) is 0. The van der Waals surface area contributed by atoms with Crippen LogP contribution in [0.3, 0.4) is 0 Å². The Balaban J connectivity index is 1.64. The van der Waals surface area contributed by atoms with Crippen molar-refractivity contribution in [2.45, 2.75) is 57.7 Å². The SMILES string of the molecule is CCNC(=O)NC1CCC(n2c([C@@H](C)O)nc3cnc4ccsc4c32)CC1. The van der Waals surface area contributed by atoms with Gasteiger partial charge < -0.3 is 20.3 Å². The molecule has 0 radical (unpaired) electrons. The lowest BCUT2D eigenvalue weighted by molar-refractivity contribution is 0.176. The lowest BCUT2D eigenvalue weighted by Crippen LogP contribution is -2.43. The molecule has 1 atom stereocenters. The number of fused-ring (bicyclic) bond motifs is 3. The third-order valence-corrected chi connectivity index (χ3v) is 6.17. The summed E-state index contributed by atoms with van der Waals surface area (Å²) in [5.41, 5.74) is 2.88. The Morgan fingerprint density at radius 2 is 2.15 bits per heavy atom. The van der Waals surface area contributed by atoms with E-state index in [0.29, 0.717) is 12.4 Å². The zero-order valence-electron chi connectivity index (χ0n) is 15.6. The van der Waals surface area contributed by atoms with E-state index >= 15 is 0 Å². The van der Waals surface area contributed by atoms with Crippen LogP contribution in [0.25, 0.3) is 21.3 Å². The molecule has 2 amide bonds. The van der Waals surface area contributed by atoms with Crippen molar-refractivity contribution >= 4 is 38.6 Å². The molecule has 1 fully saturated rings. The number of aromatic nitrogens is 3. The third kappa shape index (κ3) is 3.39. The van der Waals surface area contributed by atoms with E-state index in [0.717, 1.165) is 46.9 Å². The summed E-state index contributed by atoms with van der Waals surface area (Å²) in [6, 6.07) is 2.39. The Labute approximate surface area is 161 Å². The van der Waals surface area contributed by atoms with Crippen LogP contribution in [0.5, 0.6) is 0 Å². The van der Waals surface area contributed by atoms with Crippen LogP contribution in [0.15, 0.2) is 17.6 Å². The quantitative estimate of drug-likeness (QED) is 0.639. The minimum atomic E-state index is -0.640. The molecule has 1 aliphatic rings. The Morgan fingerprint density at radius 1 is 1.37 bits per heavy atom. The van der Waals surface area contributed by atoms with Crippen molar-refractivity contribution in [3.05, 3.63) is 23.5 Å². The van der Waals surface area contributed by atoms with E-state index in [1.165, 1.54) is 0 Å². The van der Waals surface area contributed by atoms with E-state index in [1.807, 2.05) is 18.4 Å². The van der Waals surface area contributed by atoms with E-state index in [1.54, 1.807) is 24.5 Å². The molecule has 27 heavy (non-hydrogen) atoms. The largest absolute Gasteiger partial charge is 0.385 e. The second-order valence-corrected chi connectivity index (χ2v) is 8.07. The summed E-state index contributed by atoms with van der Waals surface area (Å²) in [6.07, 6.45) is 4.88. The molecule has 4 rings (SSSR count). The smallest absolute Gasteiger partial charge is 0.314 e. The van der Waals surface area contributed by atoms with E-state index in [2.05, 4.69) is 25.2 Å². The molecule has 0 aliphatic heterocycles. The number of pyridine rings is 1. The topological polar surface area (TPSA) is 92.1 Å². The minimum absolute atomic E-state index is 0.0925. The summed E-state index contributed by atoms with van der Waals surface area (Å²) in [6.45, 7) is 4.31. The van der Waals surface area contributed by atoms with E-state index in [9.17, 15) is 9.90 Å². The fourth-order valence-corrected chi connectivity index (χ4v) is 4.92. The predicted octanol–water partition coefficient (Wildman–Crippen LogP) is 3.50. The molecule has 0 unspecified atom stereocenters. The van der Waals surface area contributed by atoms with Crippen LogP contribution in [0.4, 0.5) is 4.79 Å². The molecule has 7 nitrogen and oxygen atoms in total. The highest BCUT2D eigenvalue weighted by atomic mass is 32.1. The molecule has 1 aliphatic carbocycles. The van der Waals surface area contributed by atoms with Gasteiger partial charge in [-0.2, -0.15) is 0 Å². The lowest BCUT2D eigenvalue weighted by Gasteiger charge is -2.31. The van der Waals surface area contributed by atoms with Crippen molar-refractivity contribution in [1.29, 1.82) is 0 Å². The lowest BCUT2D eigenvalue weighted by atomic mass is 9.90. The van der Waals surface area contributed by atoms with Crippen molar-refractivity contribution < 1.29 is 9.90 Å². The second-order valence-electron chi connectivity index (χ2n) is 7.15. The van der Waals surface area contributed by atoms with E-state index < -0.39 is 6.10 Å². The number of hydrogen-bond donors (Lipinski definition) is 3. The van der Waals surface area contributed by atoms with Crippen LogP contribution >= 0.6 is 11.3 Å². The molecule has 3 aromatic heterocycles. The fourth-order valence-electron chi connectivity index (χ4n) is 4.04. The van der Waals surface area contributed by atoms with Crippen LogP contribution in [0.1, 0.15) is 57.5 Å². The number of carbonyl (C=O) groups excluding carboxylic acids is 1. The number of nitrogens with one attached hydrogen (secondary N) is 2. The highest BCUT2D eigenvalue weighted by Crippen LogP contribution is 2.37. The zero-order valence-corrected chi connectivity index (χ0v) is 16.4. The van der Waals surface area contributed by atoms with Crippen LogP contribution in [0, 0.1) is 0 Å². The monoisotopic (exact) mass is 387 g/mol. The molecule has 3 aromatic rings. The Bertz CT molecular complexity index is 956. The van der Waals surface area contributed by atoms with Gasteiger partial charge in [0, 0.05) is 18.6 Å². The average Bonchev–Trinajstić information content (AvgIpc) is 3.26. The first-order valence-electron chi connectivity index (χ1n) is 9.55. The molecule has 0 aromatic carbocycles. The van der Waals surface area contributed by atoms with Gasteiger partial charge in [0.2, 0.25) is 0 Å². The average molecular weight is 388 g/mol. The van der Waals surface area contributed by atoms with E-state index in [-0.39, 0.29) is 18.1 Å². The molecule has 1 saturated carbocycles. The molecule has 8 heteroatoms.